The van der Waals surface area contributed by atoms with Crippen molar-refractivity contribution in [3.63, 3.8) is 0 Å². The minimum atomic E-state index is -0.690. The summed E-state index contributed by atoms with van der Waals surface area (Å²) in [7, 11) is 1.63. The molecule has 0 saturated carbocycles. The number of aliphatic hydroxyl groups is 3. The lowest BCUT2D eigenvalue weighted by Gasteiger charge is -2.26. The topological polar surface area (TPSA) is 241 Å². The first kappa shape index (κ1) is 80.3. The van der Waals surface area contributed by atoms with Gasteiger partial charge >= 0.3 is 0 Å². The zero-order valence-corrected chi connectivity index (χ0v) is 62.6. The Morgan fingerprint density at radius 2 is 0.858 bits per heavy atom. The maximum atomic E-state index is 12.5. The predicted molar refractivity (Wildman–Crippen MR) is 421 cm³/mol. The number of aliphatic imine (C=N–C) groups is 1. The molecular formula is C90H103N5O11. The van der Waals surface area contributed by atoms with Gasteiger partial charge in [-0.3, -0.25) is 29.0 Å². The van der Waals surface area contributed by atoms with Crippen molar-refractivity contribution in [2.45, 2.75) is 188 Å². The summed E-state index contributed by atoms with van der Waals surface area (Å²) in [4.78, 5) is 65.1. The molecule has 0 saturated heterocycles. The Morgan fingerprint density at radius 1 is 0.462 bits per heavy atom. The quantitative estimate of drug-likeness (QED) is 0.0338. The highest BCUT2D eigenvalue weighted by Gasteiger charge is 2.27. The molecule has 16 heteroatoms. The number of aryl methyl sites for hydroxylation is 10. The smallest absolute Gasteiger partial charge is 0.255 e. The van der Waals surface area contributed by atoms with Crippen LogP contribution in [0.15, 0.2) is 169 Å². The van der Waals surface area contributed by atoms with Gasteiger partial charge in [0, 0.05) is 35.1 Å². The van der Waals surface area contributed by atoms with Gasteiger partial charge in [0.25, 0.3) is 11.8 Å². The molecule has 6 atom stereocenters. The SMILES string of the molecule is CC(=O)COC1CCc2cc(C)ccc2C1.CN=C(N)c1ccc(C(=O)Nc2ccc3c(c2)CCC(OCC(C)=O)C3)cc1.Cc1ccc2c(c1)CCC(O)C2.Cc1ccc2c(c1)CCC(O)C2O.Cc1ccc2c(c1)CCC=C2.[C-]#[N+]c1ccc(C(=O)Nc2ccc3c(c2)CCC(OCC(C)=O)C3)cc1. The zero-order valence-electron chi connectivity index (χ0n) is 62.6. The average molecular weight is 1430 g/mol. The molecule has 8 aromatic carbocycles. The third-order valence-electron chi connectivity index (χ3n) is 19.8. The molecule has 0 radical (unpaired) electrons. The zero-order chi connectivity index (χ0) is 75.8. The third kappa shape index (κ3) is 24.4. The highest BCUT2D eigenvalue weighted by Crippen LogP contribution is 2.33. The van der Waals surface area contributed by atoms with Gasteiger partial charge in [-0.05, 0) is 254 Å². The van der Waals surface area contributed by atoms with Crippen molar-refractivity contribution in [2.75, 3.05) is 37.5 Å². The number of rotatable bonds is 14. The van der Waals surface area contributed by atoms with Gasteiger partial charge in [0.2, 0.25) is 0 Å². The van der Waals surface area contributed by atoms with Crippen LogP contribution in [-0.2, 0) is 92.8 Å². The van der Waals surface area contributed by atoms with Crippen molar-refractivity contribution in [3.8, 4) is 0 Å². The van der Waals surface area contributed by atoms with Crippen molar-refractivity contribution in [1.29, 1.82) is 0 Å². The molecule has 6 aliphatic rings. The number of nitrogens with zero attached hydrogens (tertiary/aromatic N) is 2. The molecule has 7 N–H and O–H groups in total. The summed E-state index contributed by atoms with van der Waals surface area (Å²) in [5.74, 6) is 0.263. The Hall–Kier alpha value is -9.83. The van der Waals surface area contributed by atoms with Crippen LogP contribution in [0.3, 0.4) is 0 Å². The molecule has 0 spiro atoms. The molecule has 0 aromatic heterocycles. The Kier molecular flexibility index (Phi) is 29.9. The van der Waals surface area contributed by atoms with E-state index in [2.05, 4.69) is 114 Å². The minimum Gasteiger partial charge on any atom is -0.393 e. The Bertz CT molecular complexity index is 4480. The second-order valence-electron chi connectivity index (χ2n) is 28.7. The molecule has 0 aliphatic heterocycles. The van der Waals surface area contributed by atoms with Crippen LogP contribution in [0.5, 0.6) is 0 Å². The van der Waals surface area contributed by atoms with Gasteiger partial charge in [-0.2, -0.15) is 0 Å². The van der Waals surface area contributed by atoms with E-state index in [4.69, 9.17) is 26.5 Å². The Morgan fingerprint density at radius 3 is 1.33 bits per heavy atom. The summed E-state index contributed by atoms with van der Waals surface area (Å²) in [6, 6.07) is 51.2. The number of ether oxygens (including phenoxy) is 3. The number of carbonyl (C=O) groups is 5. The number of nitrogens with two attached hydrogens (primary N) is 1. The lowest BCUT2D eigenvalue weighted by molar-refractivity contribution is -0.124. The number of fused-ring (bicyclic) bond motifs is 6. The van der Waals surface area contributed by atoms with Crippen LogP contribution in [0.4, 0.5) is 17.1 Å². The summed E-state index contributed by atoms with van der Waals surface area (Å²) in [6.45, 7) is 20.6. The molecule has 0 fully saturated rings. The van der Waals surface area contributed by atoms with Crippen LogP contribution in [0.2, 0.25) is 0 Å². The summed E-state index contributed by atoms with van der Waals surface area (Å²) in [5, 5.41) is 34.4. The molecule has 6 aliphatic carbocycles. The normalized spacial score (nSPS) is 18.4. The van der Waals surface area contributed by atoms with Crippen LogP contribution in [0, 0.1) is 34.3 Å². The maximum Gasteiger partial charge on any atom is 0.255 e. The number of aliphatic hydroxyl groups excluding tert-OH is 3. The van der Waals surface area contributed by atoms with E-state index < -0.39 is 12.2 Å². The van der Waals surface area contributed by atoms with Crippen molar-refractivity contribution >= 4 is 58.1 Å². The molecule has 6 unspecified atom stereocenters. The summed E-state index contributed by atoms with van der Waals surface area (Å²) < 4.78 is 16.9. The number of anilines is 2. The molecule has 0 heterocycles. The summed E-state index contributed by atoms with van der Waals surface area (Å²) in [5.41, 5.74) is 30.3. The van der Waals surface area contributed by atoms with Gasteiger partial charge in [-0.1, -0.05) is 156 Å². The maximum absolute atomic E-state index is 12.5. The lowest BCUT2D eigenvalue weighted by atomic mass is 9.87. The molecule has 14 rings (SSSR count). The largest absolute Gasteiger partial charge is 0.393 e. The van der Waals surface area contributed by atoms with Gasteiger partial charge in [-0.25, -0.2) is 4.85 Å². The number of amides is 2. The fourth-order valence-corrected chi connectivity index (χ4v) is 13.9. The number of allylic oxidation sites excluding steroid dienone is 1. The highest BCUT2D eigenvalue weighted by molar-refractivity contribution is 6.06. The van der Waals surface area contributed by atoms with Gasteiger partial charge in [0.1, 0.15) is 31.8 Å². The standard InChI is InChI=1S/C22H25N3O3.C21H20N2O3.C14H18O2.C11H14O2.C11H14O.C11H12/c1-14(26)13-28-20-10-8-17-11-19(9-7-18(17)12-20)25-22(27)16-5-3-15(4-6-16)21(23)24-2;1-14(24)13-26-20-10-6-16-11-19(9-5-17(16)12-20)23-21(25)15-3-7-18(22-2)8-4-15;1-10-3-4-13-8-14(16-9-11(2)15)6-5-12(13)7-10;1-7-2-4-9-8(6-7)3-5-10(12)11(9)13;1-8-2-3-10-7-11(12)5-4-9(10)6-8;1-9-6-7-10-4-2-3-5-11(10)8-9/h3-7,9,11,20H,8,10,12-13H2,1-2H3,(H2,23,24)(H,25,27);3-5,7-9,11,20H,6,10,12-13H2,1H3,(H,23,25);3-4,7,14H,5-6,8-9H2,1-2H3;2,4,6,10-13H,3,5H2,1H3;2-3,6,11-12H,4-5,7H2,1H3;2,4,6-8H,3,5H2,1H3. The van der Waals surface area contributed by atoms with Crippen LogP contribution in [0.25, 0.3) is 10.9 Å². The first-order chi connectivity index (χ1) is 50.9. The molecular weight excluding hydrogens is 1330 g/mol. The van der Waals surface area contributed by atoms with Gasteiger partial charge in [0.15, 0.2) is 23.0 Å². The third-order valence-corrected chi connectivity index (χ3v) is 19.8. The highest BCUT2D eigenvalue weighted by atomic mass is 16.5. The van der Waals surface area contributed by atoms with Crippen LogP contribution < -0.4 is 16.4 Å². The van der Waals surface area contributed by atoms with Crippen LogP contribution in [-0.4, -0.2) is 108 Å². The van der Waals surface area contributed by atoms with E-state index in [1.807, 2.05) is 55.5 Å². The molecule has 16 nitrogen and oxygen atoms in total. The monoisotopic (exact) mass is 1430 g/mol. The number of carbonyl (C=O) groups excluding carboxylic acids is 5. The number of amidine groups is 1. The van der Waals surface area contributed by atoms with Crippen molar-refractivity contribution in [1.82, 2.24) is 0 Å². The number of Topliss-reactive ketones (excluding diaryl/α,β-unsaturated/α-hetero) is 3. The van der Waals surface area contributed by atoms with E-state index in [-0.39, 0.29) is 73.4 Å². The van der Waals surface area contributed by atoms with Gasteiger partial charge in [0.05, 0.1) is 37.1 Å². The number of nitrogens with one attached hydrogen (secondary N) is 2. The van der Waals surface area contributed by atoms with Crippen LogP contribution in [0.1, 0.15) is 181 Å². The van der Waals surface area contributed by atoms with E-state index >= 15 is 0 Å². The molecule has 0 bridgehead atoms. The molecule has 106 heavy (non-hydrogen) atoms. The fraction of sp³-hybridized carbons (Fsp3) is 0.367. The van der Waals surface area contributed by atoms with Crippen molar-refractivity contribution in [2.24, 2.45) is 10.7 Å². The Labute approximate surface area is 625 Å². The summed E-state index contributed by atoms with van der Waals surface area (Å²) in [6.07, 6.45) is 18.3. The van der Waals surface area contributed by atoms with Gasteiger partial charge in [-0.15, -0.1) is 0 Å². The Balaban J connectivity index is 0.000000153. The second-order valence-corrected chi connectivity index (χ2v) is 28.7. The first-order valence-corrected chi connectivity index (χ1v) is 37.0. The van der Waals surface area contributed by atoms with Crippen LogP contribution >= 0.6 is 0 Å². The van der Waals surface area contributed by atoms with Crippen molar-refractivity contribution in [3.05, 3.63) is 281 Å². The van der Waals surface area contributed by atoms with Crippen molar-refractivity contribution < 1.29 is 53.5 Å². The first-order valence-electron chi connectivity index (χ1n) is 37.0. The van der Waals surface area contributed by atoms with E-state index in [0.29, 0.717) is 29.1 Å². The number of hydrogen-bond acceptors (Lipinski definition) is 12. The van der Waals surface area contributed by atoms with E-state index in [1.54, 1.807) is 62.5 Å². The minimum absolute atomic E-state index is 0.0401. The average Bonchev–Trinajstić information content (AvgIpc) is 0.824. The number of ketones is 3. The predicted octanol–water partition coefficient (Wildman–Crippen LogP) is 15.3. The second kappa shape index (κ2) is 39.5. The fourth-order valence-electron chi connectivity index (χ4n) is 13.9. The van der Waals surface area contributed by atoms with E-state index in [0.717, 1.165) is 106 Å². The molecule has 554 valence electrons. The van der Waals surface area contributed by atoms with Gasteiger partial charge < -0.3 is 45.9 Å². The number of hydrogen-bond donors (Lipinski definition) is 6. The van der Waals surface area contributed by atoms with E-state index in [9.17, 15) is 39.3 Å². The summed E-state index contributed by atoms with van der Waals surface area (Å²) >= 11 is 0. The lowest BCUT2D eigenvalue weighted by Crippen LogP contribution is -2.25. The molecule has 2 amide bonds. The van der Waals surface area contributed by atoms with E-state index in [1.165, 1.54) is 110 Å². The number of benzene rings is 8. The molecule has 8 aromatic rings.